The number of amides is 3. The molecule has 2 heterocycles. The maximum atomic E-state index is 11.6. The first kappa shape index (κ1) is 11.3. The van der Waals surface area contributed by atoms with E-state index < -0.39 is 11.9 Å². The van der Waals surface area contributed by atoms with E-state index in [2.05, 4.69) is 20.0 Å². The number of halogens is 1. The van der Waals surface area contributed by atoms with E-state index in [0.717, 1.165) is 25.9 Å². The Morgan fingerprint density at radius 1 is 1.31 bits per heavy atom. The predicted molar refractivity (Wildman–Crippen MR) is 59.1 cm³/mol. The molecule has 0 saturated carbocycles. The van der Waals surface area contributed by atoms with Crippen LogP contribution in [0.1, 0.15) is 12.8 Å². The second kappa shape index (κ2) is 4.80. The van der Waals surface area contributed by atoms with Crippen molar-refractivity contribution in [2.75, 3.05) is 19.6 Å². The van der Waals surface area contributed by atoms with Gasteiger partial charge in [0.05, 0.1) is 0 Å². The number of amidine groups is 1. The Bertz CT molecular complexity index is 338. The van der Waals surface area contributed by atoms with Gasteiger partial charge >= 0.3 is 6.03 Å². The fraction of sp³-hybridized carbons (Fsp3) is 0.667. The monoisotopic (exact) mass is 244 g/mol. The standard InChI is InChI=1S/C9H13ClN4O2/c10-13-7-6(5-14-3-1-2-4-14)8(15)12-9(16)11-7/h6H,1-5H2,(H2,11,12,13,15,16). The third-order valence-electron chi connectivity index (χ3n) is 2.86. The summed E-state index contributed by atoms with van der Waals surface area (Å²) in [6.45, 7) is 2.51. The van der Waals surface area contributed by atoms with Gasteiger partial charge in [0.1, 0.15) is 11.8 Å². The first-order valence-electron chi connectivity index (χ1n) is 5.24. The summed E-state index contributed by atoms with van der Waals surface area (Å²) >= 11 is 5.37. The lowest BCUT2D eigenvalue weighted by atomic mass is 10.1. The summed E-state index contributed by atoms with van der Waals surface area (Å²) in [6, 6.07) is -0.568. The molecule has 6 nitrogen and oxygen atoms in total. The lowest BCUT2D eigenvalue weighted by molar-refractivity contribution is -0.122. The van der Waals surface area contributed by atoms with Crippen LogP contribution in [0, 0.1) is 5.92 Å². The summed E-state index contributed by atoms with van der Waals surface area (Å²) in [5, 5.41) is 4.65. The molecule has 0 aromatic carbocycles. The largest absolute Gasteiger partial charge is 0.326 e. The number of carbonyl (C=O) groups is 2. The van der Waals surface area contributed by atoms with Crippen LogP contribution in [0.2, 0.25) is 0 Å². The summed E-state index contributed by atoms with van der Waals surface area (Å²) in [7, 11) is 0. The molecule has 0 aromatic heterocycles. The first-order valence-corrected chi connectivity index (χ1v) is 5.57. The number of likely N-dealkylation sites (tertiary alicyclic amines) is 1. The summed E-state index contributed by atoms with van der Waals surface area (Å²) in [4.78, 5) is 24.8. The highest BCUT2D eigenvalue weighted by Gasteiger charge is 2.34. The minimum Gasteiger partial charge on any atom is -0.302 e. The quantitative estimate of drug-likeness (QED) is 0.723. The van der Waals surface area contributed by atoms with E-state index in [9.17, 15) is 9.59 Å². The molecule has 3 amide bonds. The summed E-state index contributed by atoms with van der Waals surface area (Å²) in [5.41, 5.74) is 0. The van der Waals surface area contributed by atoms with Crippen LogP contribution in [-0.4, -0.2) is 42.3 Å². The molecule has 7 heteroatoms. The van der Waals surface area contributed by atoms with Gasteiger partial charge in [-0.05, 0) is 25.9 Å². The van der Waals surface area contributed by atoms with Crippen molar-refractivity contribution >= 4 is 29.6 Å². The zero-order valence-electron chi connectivity index (χ0n) is 8.70. The maximum absolute atomic E-state index is 11.6. The number of nitrogens with one attached hydrogen (secondary N) is 2. The highest BCUT2D eigenvalue weighted by atomic mass is 35.5. The topological polar surface area (TPSA) is 73.8 Å². The van der Waals surface area contributed by atoms with Gasteiger partial charge in [-0.1, -0.05) is 0 Å². The van der Waals surface area contributed by atoms with E-state index in [0.29, 0.717) is 6.54 Å². The number of urea groups is 1. The Morgan fingerprint density at radius 2 is 2.00 bits per heavy atom. The van der Waals surface area contributed by atoms with Crippen molar-refractivity contribution in [3.05, 3.63) is 0 Å². The second-order valence-electron chi connectivity index (χ2n) is 3.97. The predicted octanol–water partition coefficient (Wildman–Crippen LogP) is 0.0901. The van der Waals surface area contributed by atoms with Crippen LogP contribution >= 0.6 is 11.8 Å². The van der Waals surface area contributed by atoms with Crippen LogP contribution in [0.25, 0.3) is 0 Å². The number of imide groups is 1. The van der Waals surface area contributed by atoms with Crippen molar-refractivity contribution in [1.82, 2.24) is 15.5 Å². The van der Waals surface area contributed by atoms with Crippen molar-refractivity contribution in [2.45, 2.75) is 12.8 Å². The highest BCUT2D eigenvalue weighted by molar-refractivity contribution is 6.26. The minimum absolute atomic E-state index is 0.238. The Morgan fingerprint density at radius 3 is 2.62 bits per heavy atom. The zero-order chi connectivity index (χ0) is 11.5. The Kier molecular flexibility index (Phi) is 3.40. The van der Waals surface area contributed by atoms with Gasteiger partial charge in [-0.2, -0.15) is 4.51 Å². The Labute approximate surface area is 98.1 Å². The molecule has 1 unspecified atom stereocenters. The van der Waals surface area contributed by atoms with Crippen molar-refractivity contribution in [3.63, 3.8) is 0 Å². The molecular weight excluding hydrogens is 232 g/mol. The van der Waals surface area contributed by atoms with Crippen molar-refractivity contribution in [3.8, 4) is 0 Å². The zero-order valence-corrected chi connectivity index (χ0v) is 9.46. The molecule has 0 bridgehead atoms. The second-order valence-corrected chi connectivity index (χ2v) is 4.14. The lowest BCUT2D eigenvalue weighted by Crippen LogP contribution is -2.58. The number of carbonyl (C=O) groups excluding carboxylic acids is 2. The molecule has 0 spiro atoms. The molecule has 2 saturated heterocycles. The maximum Gasteiger partial charge on any atom is 0.326 e. The normalized spacial score (nSPS) is 29.3. The van der Waals surface area contributed by atoms with E-state index >= 15 is 0 Å². The molecule has 0 aromatic rings. The van der Waals surface area contributed by atoms with Crippen LogP contribution in [0.4, 0.5) is 4.79 Å². The third-order valence-corrected chi connectivity index (χ3v) is 3.04. The van der Waals surface area contributed by atoms with Crippen molar-refractivity contribution < 1.29 is 9.59 Å². The Balaban J connectivity index is 2.04. The number of hydrogen-bond acceptors (Lipinski definition) is 4. The molecule has 2 rings (SSSR count). The van der Waals surface area contributed by atoms with Gasteiger partial charge in [0.25, 0.3) is 0 Å². The molecule has 16 heavy (non-hydrogen) atoms. The SMILES string of the molecule is O=C1NC(=O)C(CN2CCCC2)C(=NCl)N1. The van der Waals surface area contributed by atoms with Crippen molar-refractivity contribution in [1.29, 1.82) is 0 Å². The first-order chi connectivity index (χ1) is 7.70. The number of hydrogen-bond donors (Lipinski definition) is 2. The smallest absolute Gasteiger partial charge is 0.302 e. The van der Waals surface area contributed by atoms with Gasteiger partial charge in [0.15, 0.2) is 0 Å². The lowest BCUT2D eigenvalue weighted by Gasteiger charge is -2.26. The van der Waals surface area contributed by atoms with Crippen LogP contribution in [0.5, 0.6) is 0 Å². The van der Waals surface area contributed by atoms with Crippen LogP contribution in [0.3, 0.4) is 0 Å². The van der Waals surface area contributed by atoms with E-state index in [-0.39, 0.29) is 11.7 Å². The van der Waals surface area contributed by atoms with Gasteiger partial charge in [0, 0.05) is 18.3 Å². The molecule has 2 fully saturated rings. The van der Waals surface area contributed by atoms with Gasteiger partial charge in [-0.15, -0.1) is 0 Å². The number of nitrogens with zero attached hydrogens (tertiary/aromatic N) is 2. The molecule has 0 aliphatic carbocycles. The van der Waals surface area contributed by atoms with Gasteiger partial charge in [-0.3, -0.25) is 15.4 Å². The number of rotatable bonds is 2. The Hall–Kier alpha value is -1.14. The van der Waals surface area contributed by atoms with E-state index in [1.165, 1.54) is 0 Å². The average Bonchev–Trinajstić information content (AvgIpc) is 2.74. The van der Waals surface area contributed by atoms with Crippen LogP contribution in [-0.2, 0) is 4.79 Å². The van der Waals surface area contributed by atoms with E-state index in [1.807, 2.05) is 0 Å². The third kappa shape index (κ3) is 2.33. The molecule has 0 radical (unpaired) electrons. The molecule has 88 valence electrons. The van der Waals surface area contributed by atoms with Crippen molar-refractivity contribution in [2.24, 2.45) is 10.4 Å². The average molecular weight is 245 g/mol. The van der Waals surface area contributed by atoms with E-state index in [4.69, 9.17) is 11.8 Å². The minimum atomic E-state index is -0.568. The molecule has 2 N–H and O–H groups in total. The van der Waals surface area contributed by atoms with Crippen LogP contribution < -0.4 is 10.6 Å². The summed E-state index contributed by atoms with van der Waals surface area (Å²) in [5.74, 6) is -0.578. The summed E-state index contributed by atoms with van der Waals surface area (Å²) < 4.78 is 3.44. The van der Waals surface area contributed by atoms with Gasteiger partial charge in [-0.25, -0.2) is 4.79 Å². The highest BCUT2D eigenvalue weighted by Crippen LogP contribution is 2.13. The molecular formula is C9H13ClN4O2. The fourth-order valence-corrected chi connectivity index (χ4v) is 2.19. The summed E-state index contributed by atoms with van der Waals surface area (Å²) in [6.07, 6.45) is 2.29. The van der Waals surface area contributed by atoms with Crippen LogP contribution in [0.15, 0.2) is 4.51 Å². The van der Waals surface area contributed by atoms with E-state index in [1.54, 1.807) is 0 Å². The molecule has 2 aliphatic rings. The molecule has 1 atom stereocenters. The van der Waals surface area contributed by atoms with Gasteiger partial charge in [0.2, 0.25) is 5.91 Å². The van der Waals surface area contributed by atoms with Gasteiger partial charge < -0.3 is 4.90 Å². The molecule has 2 aliphatic heterocycles. The fourth-order valence-electron chi connectivity index (χ4n) is 2.03.